The van der Waals surface area contributed by atoms with Gasteiger partial charge in [-0.2, -0.15) is 5.10 Å². The Labute approximate surface area is 118 Å². The van der Waals surface area contributed by atoms with Gasteiger partial charge in [-0.15, -0.1) is 0 Å². The Balaban J connectivity index is 2.45. The van der Waals surface area contributed by atoms with Crippen molar-refractivity contribution in [3.05, 3.63) is 34.5 Å². The van der Waals surface area contributed by atoms with E-state index in [-0.39, 0.29) is 6.04 Å². The number of hydrogen-bond acceptors (Lipinski definition) is 3. The lowest BCUT2D eigenvalue weighted by Crippen LogP contribution is -2.06. The predicted octanol–water partition coefficient (Wildman–Crippen LogP) is 4.11. The van der Waals surface area contributed by atoms with Crippen molar-refractivity contribution in [1.29, 1.82) is 0 Å². The van der Waals surface area contributed by atoms with Crippen LogP contribution in [0.4, 0.5) is 5.69 Å². The maximum atomic E-state index is 6.04. The van der Waals surface area contributed by atoms with Crippen molar-refractivity contribution in [2.24, 2.45) is 0 Å². The lowest BCUT2D eigenvalue weighted by Gasteiger charge is -2.14. The van der Waals surface area contributed by atoms with Gasteiger partial charge in [0.05, 0.1) is 11.7 Å². The van der Waals surface area contributed by atoms with E-state index in [1.165, 1.54) is 0 Å². The average Bonchev–Trinajstić information content (AvgIpc) is 2.62. The van der Waals surface area contributed by atoms with Crippen molar-refractivity contribution in [3.8, 4) is 11.6 Å². The van der Waals surface area contributed by atoms with Gasteiger partial charge in [-0.1, -0.05) is 17.7 Å². The molecule has 0 radical (unpaired) electrons. The third kappa shape index (κ3) is 2.68. The molecular weight excluding hydrogens is 262 g/mol. The summed E-state index contributed by atoms with van der Waals surface area (Å²) < 4.78 is 7.71. The van der Waals surface area contributed by atoms with Crippen molar-refractivity contribution < 1.29 is 4.74 Å². The van der Waals surface area contributed by atoms with Crippen molar-refractivity contribution in [2.75, 3.05) is 5.73 Å². The van der Waals surface area contributed by atoms with Crippen LogP contribution >= 0.6 is 11.6 Å². The lowest BCUT2D eigenvalue weighted by atomic mass is 10.2. The van der Waals surface area contributed by atoms with Crippen LogP contribution in [0.25, 0.3) is 0 Å². The van der Waals surface area contributed by atoms with Gasteiger partial charge < -0.3 is 10.5 Å². The number of nitrogen functional groups attached to an aromatic ring is 1. The summed E-state index contributed by atoms with van der Waals surface area (Å²) in [5.74, 6) is 1.26. The van der Waals surface area contributed by atoms with E-state index < -0.39 is 0 Å². The van der Waals surface area contributed by atoms with E-state index in [2.05, 4.69) is 5.10 Å². The fourth-order valence-electron chi connectivity index (χ4n) is 1.78. The first-order valence-electron chi connectivity index (χ1n) is 6.18. The smallest absolute Gasteiger partial charge is 0.241 e. The number of aromatic nitrogens is 2. The van der Waals surface area contributed by atoms with Crippen LogP contribution in [0, 0.1) is 13.8 Å². The SMILES string of the molecule is Cc1ccc(Cl)cc1Oc1c(N)c(C)nn1C(C)C. The molecule has 0 fully saturated rings. The van der Waals surface area contributed by atoms with Gasteiger partial charge in [-0.25, -0.2) is 4.68 Å². The molecule has 0 saturated heterocycles. The standard InChI is InChI=1S/C14H18ClN3O/c1-8(2)18-14(13(16)10(4)17-18)19-12-7-11(15)6-5-9(12)3/h5-8H,16H2,1-4H3. The van der Waals surface area contributed by atoms with Gasteiger partial charge in [0.1, 0.15) is 11.4 Å². The molecule has 4 nitrogen and oxygen atoms in total. The highest BCUT2D eigenvalue weighted by Crippen LogP contribution is 2.34. The number of benzene rings is 1. The third-order valence-electron chi connectivity index (χ3n) is 2.93. The number of rotatable bonds is 3. The van der Waals surface area contributed by atoms with Crippen LogP contribution in [0.5, 0.6) is 11.6 Å². The largest absolute Gasteiger partial charge is 0.437 e. The molecule has 2 aromatic rings. The Kier molecular flexibility index (Phi) is 3.71. The topological polar surface area (TPSA) is 53.1 Å². The number of ether oxygens (including phenoxy) is 1. The lowest BCUT2D eigenvalue weighted by molar-refractivity contribution is 0.388. The second kappa shape index (κ2) is 5.13. The summed E-state index contributed by atoms with van der Waals surface area (Å²) in [6.07, 6.45) is 0. The molecule has 0 bridgehead atoms. The van der Waals surface area contributed by atoms with E-state index in [1.54, 1.807) is 10.7 Å². The fraction of sp³-hybridized carbons (Fsp3) is 0.357. The number of nitrogens with zero attached hydrogens (tertiary/aromatic N) is 2. The molecule has 0 aliphatic heterocycles. The first-order valence-corrected chi connectivity index (χ1v) is 6.56. The third-order valence-corrected chi connectivity index (χ3v) is 3.17. The van der Waals surface area contributed by atoms with Crippen LogP contribution in [-0.4, -0.2) is 9.78 Å². The zero-order chi connectivity index (χ0) is 14.2. The number of aryl methyl sites for hydroxylation is 2. The second-order valence-electron chi connectivity index (χ2n) is 4.85. The van der Waals surface area contributed by atoms with Crippen molar-refractivity contribution in [1.82, 2.24) is 9.78 Å². The molecule has 19 heavy (non-hydrogen) atoms. The Morgan fingerprint density at radius 3 is 2.63 bits per heavy atom. The molecule has 1 aromatic carbocycles. The summed E-state index contributed by atoms with van der Waals surface area (Å²) >= 11 is 6.00. The monoisotopic (exact) mass is 279 g/mol. The Bertz CT molecular complexity index is 605. The Morgan fingerprint density at radius 2 is 2.00 bits per heavy atom. The first-order chi connectivity index (χ1) is 8.90. The maximum absolute atomic E-state index is 6.04. The summed E-state index contributed by atoms with van der Waals surface area (Å²) in [6.45, 7) is 7.89. The molecule has 0 aliphatic carbocycles. The highest BCUT2D eigenvalue weighted by Gasteiger charge is 2.17. The molecule has 0 amide bonds. The van der Waals surface area contributed by atoms with Gasteiger partial charge in [0.25, 0.3) is 0 Å². The molecule has 5 heteroatoms. The molecule has 0 unspecified atom stereocenters. The summed E-state index contributed by atoms with van der Waals surface area (Å²) in [5.41, 5.74) is 8.36. The minimum atomic E-state index is 0.172. The molecule has 2 N–H and O–H groups in total. The van der Waals surface area contributed by atoms with E-state index >= 15 is 0 Å². The second-order valence-corrected chi connectivity index (χ2v) is 5.29. The first kappa shape index (κ1) is 13.7. The van der Waals surface area contributed by atoms with Crippen LogP contribution in [0.15, 0.2) is 18.2 Å². The zero-order valence-corrected chi connectivity index (χ0v) is 12.3. The summed E-state index contributed by atoms with van der Waals surface area (Å²) in [4.78, 5) is 0. The maximum Gasteiger partial charge on any atom is 0.241 e. The highest BCUT2D eigenvalue weighted by molar-refractivity contribution is 6.30. The van der Waals surface area contributed by atoms with E-state index in [1.807, 2.05) is 39.8 Å². The van der Waals surface area contributed by atoms with E-state index in [9.17, 15) is 0 Å². The molecule has 102 valence electrons. The predicted molar refractivity (Wildman–Crippen MR) is 78.0 cm³/mol. The molecular formula is C14H18ClN3O. The van der Waals surface area contributed by atoms with E-state index in [4.69, 9.17) is 22.1 Å². The van der Waals surface area contributed by atoms with Gasteiger partial charge in [-0.05, 0) is 45.4 Å². The zero-order valence-electron chi connectivity index (χ0n) is 11.6. The van der Waals surface area contributed by atoms with E-state index in [0.717, 1.165) is 11.3 Å². The number of hydrogen-bond donors (Lipinski definition) is 1. The molecule has 1 heterocycles. The van der Waals surface area contributed by atoms with Crippen molar-refractivity contribution >= 4 is 17.3 Å². The van der Waals surface area contributed by atoms with Crippen LogP contribution in [0.3, 0.4) is 0 Å². The molecule has 1 aromatic heterocycles. The highest BCUT2D eigenvalue weighted by atomic mass is 35.5. The fourth-order valence-corrected chi connectivity index (χ4v) is 1.94. The normalized spacial score (nSPS) is 11.1. The summed E-state index contributed by atoms with van der Waals surface area (Å²) in [6, 6.07) is 5.70. The van der Waals surface area contributed by atoms with Crippen LogP contribution in [0.1, 0.15) is 31.1 Å². The van der Waals surface area contributed by atoms with Gasteiger partial charge in [0, 0.05) is 5.02 Å². The Morgan fingerprint density at radius 1 is 1.32 bits per heavy atom. The number of nitrogens with two attached hydrogens (primary N) is 1. The van der Waals surface area contributed by atoms with Gasteiger partial charge in [-0.3, -0.25) is 0 Å². The minimum absolute atomic E-state index is 0.172. The number of halogens is 1. The Hall–Kier alpha value is -1.68. The molecule has 2 rings (SSSR count). The summed E-state index contributed by atoms with van der Waals surface area (Å²) in [7, 11) is 0. The molecule has 0 spiro atoms. The van der Waals surface area contributed by atoms with Crippen LogP contribution < -0.4 is 10.5 Å². The van der Waals surface area contributed by atoms with Gasteiger partial charge in [0.15, 0.2) is 0 Å². The van der Waals surface area contributed by atoms with E-state index in [0.29, 0.717) is 22.3 Å². The summed E-state index contributed by atoms with van der Waals surface area (Å²) in [5, 5.41) is 5.02. The number of anilines is 1. The van der Waals surface area contributed by atoms with Gasteiger partial charge >= 0.3 is 0 Å². The quantitative estimate of drug-likeness (QED) is 0.920. The molecule has 0 aliphatic rings. The van der Waals surface area contributed by atoms with Crippen molar-refractivity contribution in [2.45, 2.75) is 33.7 Å². The van der Waals surface area contributed by atoms with Crippen molar-refractivity contribution in [3.63, 3.8) is 0 Å². The molecule has 0 saturated carbocycles. The van der Waals surface area contributed by atoms with Gasteiger partial charge in [0.2, 0.25) is 5.88 Å². The minimum Gasteiger partial charge on any atom is -0.437 e. The van der Waals surface area contributed by atoms with Crippen LogP contribution in [-0.2, 0) is 0 Å². The molecule has 0 atom stereocenters. The average molecular weight is 280 g/mol. The van der Waals surface area contributed by atoms with Crippen LogP contribution in [0.2, 0.25) is 5.02 Å².